The molecule has 0 aliphatic rings. The molecule has 0 aliphatic carbocycles. The molecule has 2 rings (SSSR count). The van der Waals surface area contributed by atoms with Crippen molar-refractivity contribution in [2.45, 2.75) is 6.54 Å². The number of hydrogen-bond donors (Lipinski definition) is 1. The Morgan fingerprint density at radius 2 is 1.89 bits per heavy atom. The number of rotatable bonds is 3. The van der Waals surface area contributed by atoms with Crippen molar-refractivity contribution in [3.05, 3.63) is 58.5 Å². The van der Waals surface area contributed by atoms with E-state index in [0.29, 0.717) is 5.69 Å². The molecule has 4 nitrogen and oxygen atoms in total. The Morgan fingerprint density at radius 3 is 2.56 bits per heavy atom. The third kappa shape index (κ3) is 2.37. The average molecular weight is 243 g/mol. The lowest BCUT2D eigenvalue weighted by atomic mass is 10.2. The van der Waals surface area contributed by atoms with Crippen molar-refractivity contribution in [1.82, 2.24) is 4.57 Å². The summed E-state index contributed by atoms with van der Waals surface area (Å²) < 4.78 is 1.48. The minimum Gasteiger partial charge on any atom is -0.393 e. The lowest BCUT2D eigenvalue weighted by Crippen LogP contribution is -2.25. The topological polar surface area (TPSA) is 51.3 Å². The molecule has 0 saturated heterocycles. The second kappa shape index (κ2) is 4.96. The molecule has 0 unspecified atom stereocenters. The first-order valence-electron chi connectivity index (χ1n) is 5.80. The first-order valence-corrected chi connectivity index (χ1v) is 5.80. The third-order valence-electron chi connectivity index (χ3n) is 2.96. The van der Waals surface area contributed by atoms with Crippen LogP contribution in [0.15, 0.2) is 47.4 Å². The highest BCUT2D eigenvalue weighted by Gasteiger charge is 2.09. The Bertz CT molecular complexity index is 590. The Morgan fingerprint density at radius 1 is 1.22 bits per heavy atom. The van der Waals surface area contributed by atoms with Crippen molar-refractivity contribution in [1.29, 1.82) is 0 Å². The molecule has 2 N–H and O–H groups in total. The summed E-state index contributed by atoms with van der Waals surface area (Å²) in [6.45, 7) is 0.720. The van der Waals surface area contributed by atoms with Gasteiger partial charge in [-0.25, -0.2) is 0 Å². The van der Waals surface area contributed by atoms with Crippen LogP contribution in [0.3, 0.4) is 0 Å². The van der Waals surface area contributed by atoms with Crippen LogP contribution in [-0.2, 0) is 13.6 Å². The van der Waals surface area contributed by atoms with E-state index in [2.05, 4.69) is 0 Å². The summed E-state index contributed by atoms with van der Waals surface area (Å²) in [5.74, 6) is 0. The molecule has 0 bridgehead atoms. The number of nitrogens with two attached hydrogens (primary N) is 1. The van der Waals surface area contributed by atoms with Gasteiger partial charge in [0.25, 0.3) is 5.56 Å². The normalized spacial score (nSPS) is 10.3. The summed E-state index contributed by atoms with van der Waals surface area (Å²) >= 11 is 0. The summed E-state index contributed by atoms with van der Waals surface area (Å²) in [6.07, 6.45) is 1.73. The van der Waals surface area contributed by atoms with E-state index in [1.807, 2.05) is 48.3 Å². The van der Waals surface area contributed by atoms with Gasteiger partial charge in [0.2, 0.25) is 0 Å². The molecule has 0 spiro atoms. The smallest absolute Gasteiger partial charge is 0.275 e. The first-order chi connectivity index (χ1) is 8.59. The van der Waals surface area contributed by atoms with Crippen molar-refractivity contribution >= 4 is 11.4 Å². The van der Waals surface area contributed by atoms with E-state index < -0.39 is 0 Å². The van der Waals surface area contributed by atoms with Crippen molar-refractivity contribution in [3.63, 3.8) is 0 Å². The highest BCUT2D eigenvalue weighted by Crippen LogP contribution is 2.19. The number of benzene rings is 1. The second-order valence-electron chi connectivity index (χ2n) is 4.37. The van der Waals surface area contributed by atoms with E-state index in [1.165, 1.54) is 10.1 Å². The summed E-state index contributed by atoms with van der Waals surface area (Å²) in [5.41, 5.74) is 7.94. The van der Waals surface area contributed by atoms with Gasteiger partial charge in [0.1, 0.15) is 5.69 Å². The van der Waals surface area contributed by atoms with Gasteiger partial charge in [-0.05, 0) is 11.6 Å². The molecule has 0 aliphatic heterocycles. The van der Waals surface area contributed by atoms with Crippen LogP contribution in [0.5, 0.6) is 0 Å². The molecule has 1 aromatic carbocycles. The molecule has 0 atom stereocenters. The minimum atomic E-state index is -0.160. The van der Waals surface area contributed by atoms with E-state index in [9.17, 15) is 4.79 Å². The van der Waals surface area contributed by atoms with Crippen LogP contribution in [0, 0.1) is 0 Å². The van der Waals surface area contributed by atoms with Gasteiger partial charge in [-0.1, -0.05) is 30.3 Å². The molecule has 0 saturated carbocycles. The van der Waals surface area contributed by atoms with Crippen LogP contribution in [0.2, 0.25) is 0 Å². The molecule has 1 aromatic heterocycles. The van der Waals surface area contributed by atoms with Crippen molar-refractivity contribution in [2.24, 2.45) is 7.05 Å². The van der Waals surface area contributed by atoms with E-state index >= 15 is 0 Å². The highest BCUT2D eigenvalue weighted by atomic mass is 16.1. The molecule has 94 valence electrons. The van der Waals surface area contributed by atoms with Gasteiger partial charge >= 0.3 is 0 Å². The number of pyridine rings is 1. The lowest BCUT2D eigenvalue weighted by molar-refractivity contribution is 0.850. The number of aryl methyl sites for hydroxylation is 1. The van der Waals surface area contributed by atoms with Crippen LogP contribution < -0.4 is 16.2 Å². The average Bonchev–Trinajstić information content (AvgIpc) is 2.37. The Balaban J connectivity index is 2.27. The fourth-order valence-electron chi connectivity index (χ4n) is 1.91. The molecule has 18 heavy (non-hydrogen) atoms. The van der Waals surface area contributed by atoms with E-state index in [-0.39, 0.29) is 5.56 Å². The monoisotopic (exact) mass is 243 g/mol. The predicted octanol–water partition coefficient (Wildman–Crippen LogP) is 1.60. The third-order valence-corrected chi connectivity index (χ3v) is 2.96. The Hall–Kier alpha value is -2.23. The fraction of sp³-hybridized carbons (Fsp3) is 0.214. The standard InChI is InChI=1S/C14H17N3O/c1-16-9-8-12(13(15)14(16)18)17(2)10-11-6-4-3-5-7-11/h3-9H,10,15H2,1-2H3. The summed E-state index contributed by atoms with van der Waals surface area (Å²) in [6, 6.07) is 11.9. The van der Waals surface area contributed by atoms with Gasteiger partial charge in [0, 0.05) is 26.8 Å². The number of aromatic nitrogens is 1. The van der Waals surface area contributed by atoms with Crippen LogP contribution in [0.4, 0.5) is 11.4 Å². The quantitative estimate of drug-likeness (QED) is 0.891. The largest absolute Gasteiger partial charge is 0.393 e. The van der Waals surface area contributed by atoms with Gasteiger partial charge in [-0.3, -0.25) is 4.79 Å². The zero-order valence-corrected chi connectivity index (χ0v) is 10.6. The van der Waals surface area contributed by atoms with Crippen LogP contribution in [0.1, 0.15) is 5.56 Å². The highest BCUT2D eigenvalue weighted by molar-refractivity contribution is 5.65. The Labute approximate surface area is 106 Å². The van der Waals surface area contributed by atoms with Gasteiger partial charge in [-0.2, -0.15) is 0 Å². The molecule has 0 amide bonds. The number of nitrogens with zero attached hydrogens (tertiary/aromatic N) is 2. The molecule has 0 radical (unpaired) electrons. The van der Waals surface area contributed by atoms with Gasteiger partial charge in [-0.15, -0.1) is 0 Å². The van der Waals surface area contributed by atoms with Gasteiger partial charge in [0.05, 0.1) is 5.69 Å². The fourth-order valence-corrected chi connectivity index (χ4v) is 1.91. The number of anilines is 2. The van der Waals surface area contributed by atoms with E-state index in [0.717, 1.165) is 12.2 Å². The minimum absolute atomic E-state index is 0.160. The maximum Gasteiger partial charge on any atom is 0.275 e. The van der Waals surface area contributed by atoms with Gasteiger partial charge in [0.15, 0.2) is 0 Å². The van der Waals surface area contributed by atoms with Crippen molar-refractivity contribution < 1.29 is 0 Å². The number of nitrogen functional groups attached to an aromatic ring is 1. The zero-order chi connectivity index (χ0) is 13.1. The molecule has 1 heterocycles. The molecule has 4 heteroatoms. The van der Waals surface area contributed by atoms with Crippen LogP contribution >= 0.6 is 0 Å². The zero-order valence-electron chi connectivity index (χ0n) is 10.6. The summed E-state index contributed by atoms with van der Waals surface area (Å²) in [4.78, 5) is 13.7. The summed E-state index contributed by atoms with van der Waals surface area (Å²) in [7, 11) is 3.62. The second-order valence-corrected chi connectivity index (χ2v) is 4.37. The van der Waals surface area contributed by atoms with Gasteiger partial charge < -0.3 is 15.2 Å². The number of hydrogen-bond acceptors (Lipinski definition) is 3. The molecule has 0 fully saturated rings. The lowest BCUT2D eigenvalue weighted by Gasteiger charge is -2.21. The SMILES string of the molecule is CN(Cc1ccccc1)c1ccn(C)c(=O)c1N. The molecule has 2 aromatic rings. The Kier molecular flexibility index (Phi) is 3.37. The van der Waals surface area contributed by atoms with Crippen molar-refractivity contribution in [3.8, 4) is 0 Å². The predicted molar refractivity (Wildman–Crippen MR) is 74.6 cm³/mol. The van der Waals surface area contributed by atoms with Crippen molar-refractivity contribution in [2.75, 3.05) is 17.7 Å². The molecular formula is C14H17N3O. The van der Waals surface area contributed by atoms with E-state index in [1.54, 1.807) is 13.2 Å². The van der Waals surface area contributed by atoms with Crippen LogP contribution in [-0.4, -0.2) is 11.6 Å². The van der Waals surface area contributed by atoms with E-state index in [4.69, 9.17) is 5.73 Å². The maximum atomic E-state index is 11.8. The molecular weight excluding hydrogens is 226 g/mol. The van der Waals surface area contributed by atoms with Crippen LogP contribution in [0.25, 0.3) is 0 Å². The maximum absolute atomic E-state index is 11.8. The first kappa shape index (κ1) is 12.2. The summed E-state index contributed by atoms with van der Waals surface area (Å²) in [5, 5.41) is 0.